The molecule has 2 aromatic carbocycles. The van der Waals surface area contributed by atoms with Crippen LogP contribution < -0.4 is 0 Å². The molecule has 0 amide bonds. The number of benzene rings is 2. The highest BCUT2D eigenvalue weighted by atomic mass is 35.5. The van der Waals surface area contributed by atoms with Crippen LogP contribution in [0.15, 0.2) is 30.3 Å². The highest BCUT2D eigenvalue weighted by molar-refractivity contribution is 6.33. The number of rotatable bonds is 2. The zero-order valence-corrected chi connectivity index (χ0v) is 12.6. The number of halogens is 3. The normalized spacial score (nSPS) is 12.5. The maximum atomic E-state index is 13.4. The third-order valence-corrected chi connectivity index (χ3v) is 4.05. The van der Waals surface area contributed by atoms with Crippen LogP contribution >= 0.6 is 23.2 Å². The molecule has 0 aliphatic rings. The van der Waals surface area contributed by atoms with Crippen molar-refractivity contribution in [3.05, 3.63) is 69.0 Å². The molecule has 0 spiro atoms. The van der Waals surface area contributed by atoms with Crippen LogP contribution in [0.2, 0.25) is 5.02 Å². The minimum absolute atomic E-state index is 0.307. The molecule has 0 nitrogen and oxygen atoms in total. The lowest BCUT2D eigenvalue weighted by Crippen LogP contribution is -1.99. The molecule has 0 radical (unpaired) electrons. The van der Waals surface area contributed by atoms with Crippen LogP contribution in [0.4, 0.5) is 4.39 Å². The Morgan fingerprint density at radius 3 is 2.26 bits per heavy atom. The van der Waals surface area contributed by atoms with Crippen molar-refractivity contribution >= 4 is 23.2 Å². The lowest BCUT2D eigenvalue weighted by Gasteiger charge is -2.16. The Morgan fingerprint density at radius 2 is 1.63 bits per heavy atom. The first-order valence-corrected chi connectivity index (χ1v) is 6.88. The molecule has 1 unspecified atom stereocenters. The SMILES string of the molecule is Cc1ccc(C(Cl)c2cc(C)c(F)cc2Cl)c(C)c1. The number of aryl methyl sites for hydroxylation is 3. The van der Waals surface area contributed by atoms with Crippen LogP contribution in [-0.4, -0.2) is 0 Å². The van der Waals surface area contributed by atoms with Gasteiger partial charge in [0.2, 0.25) is 0 Å². The van der Waals surface area contributed by atoms with Gasteiger partial charge in [-0.2, -0.15) is 0 Å². The molecule has 100 valence electrons. The number of hydrogen-bond donors (Lipinski definition) is 0. The van der Waals surface area contributed by atoms with E-state index in [2.05, 4.69) is 6.07 Å². The van der Waals surface area contributed by atoms with E-state index in [-0.39, 0.29) is 11.2 Å². The van der Waals surface area contributed by atoms with E-state index < -0.39 is 0 Å². The minimum Gasteiger partial charge on any atom is -0.207 e. The van der Waals surface area contributed by atoms with Gasteiger partial charge in [0.1, 0.15) is 5.82 Å². The molecule has 3 heteroatoms. The van der Waals surface area contributed by atoms with E-state index in [1.807, 2.05) is 26.0 Å². The molecule has 19 heavy (non-hydrogen) atoms. The Hall–Kier alpha value is -1.05. The van der Waals surface area contributed by atoms with Gasteiger partial charge in [-0.15, -0.1) is 11.6 Å². The average Bonchev–Trinajstić information content (AvgIpc) is 2.33. The van der Waals surface area contributed by atoms with Crippen LogP contribution in [0.3, 0.4) is 0 Å². The van der Waals surface area contributed by atoms with Crippen LogP contribution in [-0.2, 0) is 0 Å². The van der Waals surface area contributed by atoms with Crippen LogP contribution in [0.25, 0.3) is 0 Å². The molecule has 2 aromatic rings. The number of alkyl halides is 1. The summed E-state index contributed by atoms with van der Waals surface area (Å²) in [5.74, 6) is -0.307. The van der Waals surface area contributed by atoms with Gasteiger partial charge >= 0.3 is 0 Å². The van der Waals surface area contributed by atoms with Crippen molar-refractivity contribution in [3.63, 3.8) is 0 Å². The Kier molecular flexibility index (Phi) is 4.17. The van der Waals surface area contributed by atoms with Gasteiger partial charge in [-0.3, -0.25) is 0 Å². The predicted octanol–water partition coefficient (Wildman–Crippen LogP) is 5.73. The minimum atomic E-state index is -0.368. The lowest BCUT2D eigenvalue weighted by molar-refractivity contribution is 0.618. The van der Waals surface area contributed by atoms with E-state index in [9.17, 15) is 4.39 Å². The van der Waals surface area contributed by atoms with Crippen LogP contribution in [0.1, 0.15) is 33.2 Å². The fourth-order valence-corrected chi connectivity index (χ4v) is 2.89. The van der Waals surface area contributed by atoms with Gasteiger partial charge < -0.3 is 0 Å². The van der Waals surface area contributed by atoms with E-state index in [4.69, 9.17) is 23.2 Å². The quantitative estimate of drug-likeness (QED) is 0.621. The van der Waals surface area contributed by atoms with Gasteiger partial charge in [-0.05, 0) is 55.2 Å². The molecule has 0 saturated heterocycles. The second-order valence-electron chi connectivity index (χ2n) is 4.85. The summed E-state index contributed by atoms with van der Waals surface area (Å²) in [5.41, 5.74) is 4.59. The summed E-state index contributed by atoms with van der Waals surface area (Å²) in [5, 5.41) is -0.00419. The molecule has 1 atom stereocenters. The van der Waals surface area contributed by atoms with Gasteiger partial charge in [0.05, 0.1) is 5.38 Å². The molecule has 2 rings (SSSR count). The van der Waals surface area contributed by atoms with E-state index in [0.29, 0.717) is 10.6 Å². The van der Waals surface area contributed by atoms with Crippen molar-refractivity contribution in [2.24, 2.45) is 0 Å². The fourth-order valence-electron chi connectivity index (χ4n) is 2.15. The Labute approximate surface area is 123 Å². The summed E-state index contributed by atoms with van der Waals surface area (Å²) in [6.45, 7) is 5.76. The van der Waals surface area contributed by atoms with E-state index in [0.717, 1.165) is 16.7 Å². The molecule has 0 aromatic heterocycles. The van der Waals surface area contributed by atoms with Gasteiger partial charge in [0, 0.05) is 5.02 Å². The molecular weight excluding hydrogens is 282 g/mol. The standard InChI is InChI=1S/C16H15Cl2F/c1-9-4-5-12(10(2)6-9)16(18)13-7-11(3)15(19)8-14(13)17/h4-8,16H,1-3H3. The van der Waals surface area contributed by atoms with Gasteiger partial charge in [-0.25, -0.2) is 4.39 Å². The zero-order chi connectivity index (χ0) is 14.2. The van der Waals surface area contributed by atoms with E-state index in [1.165, 1.54) is 11.6 Å². The van der Waals surface area contributed by atoms with Gasteiger partial charge in [-0.1, -0.05) is 35.4 Å². The maximum Gasteiger partial charge on any atom is 0.127 e. The first kappa shape index (κ1) is 14.4. The van der Waals surface area contributed by atoms with E-state index >= 15 is 0 Å². The Balaban J connectivity index is 2.49. The summed E-state index contributed by atoms with van der Waals surface area (Å²) in [6, 6.07) is 9.13. The summed E-state index contributed by atoms with van der Waals surface area (Å²) >= 11 is 12.6. The third kappa shape index (κ3) is 2.93. The fraction of sp³-hybridized carbons (Fsp3) is 0.250. The molecule has 0 N–H and O–H groups in total. The Bertz CT molecular complexity index is 620. The van der Waals surface area contributed by atoms with Crippen molar-refractivity contribution in [1.29, 1.82) is 0 Å². The van der Waals surface area contributed by atoms with Crippen molar-refractivity contribution < 1.29 is 4.39 Å². The first-order valence-electron chi connectivity index (χ1n) is 6.07. The van der Waals surface area contributed by atoms with Crippen LogP contribution in [0, 0.1) is 26.6 Å². The average molecular weight is 297 g/mol. The molecule has 0 fully saturated rings. The zero-order valence-electron chi connectivity index (χ0n) is 11.1. The lowest BCUT2D eigenvalue weighted by atomic mass is 9.97. The first-order chi connectivity index (χ1) is 8.90. The molecule has 0 aliphatic carbocycles. The summed E-state index contributed by atoms with van der Waals surface area (Å²) in [4.78, 5) is 0. The van der Waals surface area contributed by atoms with Gasteiger partial charge in [0.25, 0.3) is 0 Å². The van der Waals surface area contributed by atoms with Crippen molar-refractivity contribution in [3.8, 4) is 0 Å². The predicted molar refractivity (Wildman–Crippen MR) is 79.8 cm³/mol. The molecule has 0 bridgehead atoms. The summed E-state index contributed by atoms with van der Waals surface area (Å²) in [6.07, 6.45) is 0. The molecule has 0 heterocycles. The maximum absolute atomic E-state index is 13.4. The van der Waals surface area contributed by atoms with Crippen molar-refractivity contribution in [2.75, 3.05) is 0 Å². The third-order valence-electron chi connectivity index (χ3n) is 3.25. The van der Waals surface area contributed by atoms with Crippen molar-refractivity contribution in [2.45, 2.75) is 26.1 Å². The monoisotopic (exact) mass is 296 g/mol. The van der Waals surface area contributed by atoms with Crippen molar-refractivity contribution in [1.82, 2.24) is 0 Å². The second kappa shape index (κ2) is 5.52. The van der Waals surface area contributed by atoms with E-state index in [1.54, 1.807) is 13.0 Å². The highest BCUT2D eigenvalue weighted by Crippen LogP contribution is 2.36. The van der Waals surface area contributed by atoms with Gasteiger partial charge in [0.15, 0.2) is 0 Å². The molecule has 0 saturated carbocycles. The highest BCUT2D eigenvalue weighted by Gasteiger charge is 2.17. The smallest absolute Gasteiger partial charge is 0.127 e. The summed E-state index contributed by atoms with van der Waals surface area (Å²) < 4.78 is 13.4. The van der Waals surface area contributed by atoms with Crippen LogP contribution in [0.5, 0.6) is 0 Å². The summed E-state index contributed by atoms with van der Waals surface area (Å²) in [7, 11) is 0. The second-order valence-corrected chi connectivity index (χ2v) is 5.69. The Morgan fingerprint density at radius 1 is 0.947 bits per heavy atom. The largest absolute Gasteiger partial charge is 0.207 e. The number of hydrogen-bond acceptors (Lipinski definition) is 0. The molecule has 0 aliphatic heterocycles. The topological polar surface area (TPSA) is 0 Å². The molecular formula is C16H15Cl2F.